The van der Waals surface area contributed by atoms with Crippen molar-refractivity contribution < 1.29 is 9.63 Å². The Bertz CT molecular complexity index is 389. The highest BCUT2D eigenvalue weighted by atomic mass is 79.9. The predicted molar refractivity (Wildman–Crippen MR) is 83.6 cm³/mol. The molecule has 0 bridgehead atoms. The number of nitrogens with zero attached hydrogens (tertiary/aromatic N) is 1. The Kier molecular flexibility index (Phi) is 5.40. The van der Waals surface area contributed by atoms with E-state index in [9.17, 15) is 4.79 Å². The van der Waals surface area contributed by atoms with Crippen molar-refractivity contribution in [2.24, 2.45) is 5.92 Å². The van der Waals surface area contributed by atoms with Crippen molar-refractivity contribution in [2.75, 3.05) is 13.1 Å². The molecule has 5 unspecified atom stereocenters. The molecule has 3 rings (SSSR count). The first-order valence-corrected chi connectivity index (χ1v) is 8.98. The van der Waals surface area contributed by atoms with E-state index in [4.69, 9.17) is 16.4 Å². The lowest BCUT2D eigenvalue weighted by Crippen LogP contribution is -2.52. The van der Waals surface area contributed by atoms with Crippen LogP contribution in [-0.2, 0) is 9.63 Å². The van der Waals surface area contributed by atoms with E-state index in [1.54, 1.807) is 5.12 Å². The molecular formula is C13H22BrClN4O2. The van der Waals surface area contributed by atoms with Gasteiger partial charge in [-0.1, -0.05) is 22.4 Å². The molecule has 8 heteroatoms. The third-order valence-electron chi connectivity index (χ3n) is 4.45. The minimum Gasteiger partial charge on any atom is -0.297 e. The van der Waals surface area contributed by atoms with Crippen molar-refractivity contribution in [3.63, 3.8) is 0 Å². The molecule has 1 amide bonds. The Morgan fingerprint density at radius 2 is 2.24 bits per heavy atom. The van der Waals surface area contributed by atoms with Gasteiger partial charge >= 0.3 is 0 Å². The molecule has 1 saturated carbocycles. The third-order valence-corrected chi connectivity index (χ3v) is 5.46. The minimum absolute atomic E-state index is 0.0511. The largest absolute Gasteiger partial charge is 0.297 e. The third kappa shape index (κ3) is 4.09. The Morgan fingerprint density at radius 1 is 1.38 bits per heavy atom. The zero-order chi connectivity index (χ0) is 14.8. The second kappa shape index (κ2) is 7.10. The van der Waals surface area contributed by atoms with Crippen LogP contribution in [0.15, 0.2) is 0 Å². The van der Waals surface area contributed by atoms with Crippen LogP contribution in [0, 0.1) is 5.92 Å². The highest BCUT2D eigenvalue weighted by Gasteiger charge is 2.38. The van der Waals surface area contributed by atoms with Gasteiger partial charge in [-0.15, -0.1) is 11.6 Å². The van der Waals surface area contributed by atoms with Crippen molar-refractivity contribution in [3.8, 4) is 0 Å². The number of nitrogens with one attached hydrogen (secondary N) is 3. The first-order valence-electron chi connectivity index (χ1n) is 7.62. The molecule has 2 heterocycles. The fourth-order valence-corrected chi connectivity index (χ4v) is 4.10. The molecule has 120 valence electrons. The number of alkyl halides is 2. The molecule has 3 aliphatic rings. The molecule has 21 heavy (non-hydrogen) atoms. The Hall–Kier alpha value is 0.0800. The topological polar surface area (TPSA) is 65.6 Å². The summed E-state index contributed by atoms with van der Waals surface area (Å²) in [5.74, 6) is 0.410. The van der Waals surface area contributed by atoms with Crippen LogP contribution in [0.2, 0.25) is 0 Å². The number of hydroxylamine groups is 1. The van der Waals surface area contributed by atoms with Gasteiger partial charge in [-0.2, -0.15) is 10.6 Å². The molecule has 0 radical (unpaired) electrons. The molecule has 0 aromatic rings. The maximum absolute atomic E-state index is 12.2. The van der Waals surface area contributed by atoms with Crippen LogP contribution in [0.25, 0.3) is 0 Å². The first kappa shape index (κ1) is 16.0. The van der Waals surface area contributed by atoms with E-state index < -0.39 is 0 Å². The number of hydrazine groups is 2. The lowest BCUT2D eigenvalue weighted by Gasteiger charge is -2.28. The highest BCUT2D eigenvalue weighted by Crippen LogP contribution is 2.34. The van der Waals surface area contributed by atoms with Gasteiger partial charge in [-0.3, -0.25) is 15.1 Å². The Balaban J connectivity index is 1.46. The van der Waals surface area contributed by atoms with Gasteiger partial charge in [0.15, 0.2) is 0 Å². The summed E-state index contributed by atoms with van der Waals surface area (Å²) in [6, 6.07) is -0.290. The van der Waals surface area contributed by atoms with Crippen molar-refractivity contribution in [3.05, 3.63) is 0 Å². The lowest BCUT2D eigenvalue weighted by atomic mass is 9.83. The minimum atomic E-state index is -0.290. The molecule has 5 atom stereocenters. The van der Waals surface area contributed by atoms with Gasteiger partial charge in [0.25, 0.3) is 5.91 Å². The van der Waals surface area contributed by atoms with E-state index in [0.29, 0.717) is 17.2 Å². The fourth-order valence-electron chi connectivity index (χ4n) is 3.28. The number of hydrogen-bond donors (Lipinski definition) is 3. The van der Waals surface area contributed by atoms with E-state index in [2.05, 4.69) is 32.3 Å². The second-order valence-corrected chi connectivity index (χ2v) is 8.04. The fraction of sp³-hybridized carbons (Fsp3) is 0.923. The van der Waals surface area contributed by atoms with Crippen LogP contribution < -0.4 is 16.3 Å². The van der Waals surface area contributed by atoms with Crippen LogP contribution in [-0.4, -0.2) is 46.5 Å². The second-order valence-electron chi connectivity index (χ2n) is 6.13. The summed E-state index contributed by atoms with van der Waals surface area (Å²) in [7, 11) is 0. The molecule has 0 spiro atoms. The van der Waals surface area contributed by atoms with Crippen LogP contribution >= 0.6 is 27.5 Å². The van der Waals surface area contributed by atoms with Crippen LogP contribution in [0.4, 0.5) is 0 Å². The zero-order valence-electron chi connectivity index (χ0n) is 11.9. The number of rotatable bonds is 3. The van der Waals surface area contributed by atoms with E-state index in [-0.39, 0.29) is 23.4 Å². The summed E-state index contributed by atoms with van der Waals surface area (Å²) in [4.78, 5) is 18.2. The van der Waals surface area contributed by atoms with Crippen LogP contribution in [0.3, 0.4) is 0 Å². The summed E-state index contributed by atoms with van der Waals surface area (Å²) in [5, 5.41) is 1.98. The van der Waals surface area contributed by atoms with Crippen LogP contribution in [0.5, 0.6) is 0 Å². The predicted octanol–water partition coefficient (Wildman–Crippen LogP) is 1.06. The van der Waals surface area contributed by atoms with Crippen molar-refractivity contribution in [2.45, 2.75) is 54.5 Å². The van der Waals surface area contributed by atoms with E-state index in [1.165, 1.54) is 0 Å². The normalized spacial score (nSPS) is 41.3. The highest BCUT2D eigenvalue weighted by molar-refractivity contribution is 9.09. The summed E-state index contributed by atoms with van der Waals surface area (Å²) in [5.41, 5.74) is 8.86. The molecule has 2 aliphatic heterocycles. The molecule has 6 nitrogen and oxygen atoms in total. The van der Waals surface area contributed by atoms with Crippen LogP contribution in [0.1, 0.15) is 32.1 Å². The Morgan fingerprint density at radius 3 is 2.95 bits per heavy atom. The average Bonchev–Trinajstić information content (AvgIpc) is 3.08. The van der Waals surface area contributed by atoms with Gasteiger partial charge in [0, 0.05) is 29.7 Å². The molecule has 0 aromatic heterocycles. The van der Waals surface area contributed by atoms with Crippen molar-refractivity contribution in [1.82, 2.24) is 21.4 Å². The van der Waals surface area contributed by atoms with E-state index in [1.807, 2.05) is 0 Å². The van der Waals surface area contributed by atoms with Crippen molar-refractivity contribution in [1.29, 1.82) is 0 Å². The summed E-state index contributed by atoms with van der Waals surface area (Å²) >= 11 is 9.75. The number of amides is 1. The van der Waals surface area contributed by atoms with Crippen molar-refractivity contribution >= 4 is 33.4 Å². The van der Waals surface area contributed by atoms with E-state index in [0.717, 1.165) is 38.8 Å². The Labute approximate surface area is 138 Å². The van der Waals surface area contributed by atoms with Gasteiger partial charge in [0.2, 0.25) is 0 Å². The number of hydrogen-bond acceptors (Lipinski definition) is 5. The number of carbonyl (C=O) groups excluding carboxylic acids is 1. The number of halogens is 2. The summed E-state index contributed by atoms with van der Waals surface area (Å²) in [6.45, 7) is 1.57. The smallest absolute Gasteiger partial charge is 0.254 e. The molecule has 0 aromatic carbocycles. The average molecular weight is 382 g/mol. The van der Waals surface area contributed by atoms with Gasteiger partial charge in [-0.05, 0) is 25.2 Å². The molecule has 3 fully saturated rings. The van der Waals surface area contributed by atoms with Gasteiger partial charge < -0.3 is 0 Å². The van der Waals surface area contributed by atoms with Gasteiger partial charge in [0.05, 0.1) is 6.10 Å². The standard InChI is InChI=1S/C13H22BrClN4O2/c14-9-6-16-19(7-9)17-13(20)11-5-12(21-18-11)8-2-1-3-10(15)4-8/h8-12,16,18H,1-7H2,(H,17,20). The van der Waals surface area contributed by atoms with Gasteiger partial charge in [0.1, 0.15) is 6.04 Å². The quantitative estimate of drug-likeness (QED) is 0.638. The molecule has 3 N–H and O–H groups in total. The summed E-state index contributed by atoms with van der Waals surface area (Å²) < 4.78 is 0. The summed E-state index contributed by atoms with van der Waals surface area (Å²) in [6.07, 6.45) is 5.18. The SMILES string of the molecule is O=C(NN1CC(Br)CN1)C1CC(C2CCCC(Cl)C2)ON1. The molecule has 2 saturated heterocycles. The van der Waals surface area contributed by atoms with E-state index >= 15 is 0 Å². The maximum Gasteiger partial charge on any atom is 0.254 e. The lowest BCUT2D eigenvalue weighted by molar-refractivity contribution is -0.130. The first-order chi connectivity index (χ1) is 10.1. The maximum atomic E-state index is 12.2. The van der Waals surface area contributed by atoms with Gasteiger partial charge in [-0.25, -0.2) is 5.43 Å². The monoisotopic (exact) mass is 380 g/mol. The molecule has 1 aliphatic carbocycles. The molecular weight excluding hydrogens is 360 g/mol. The number of carbonyl (C=O) groups is 1. The zero-order valence-corrected chi connectivity index (χ0v) is 14.2.